The minimum Gasteiger partial charge on any atom is -0.456 e. The second-order valence-corrected chi connectivity index (χ2v) is 11.7. The molecule has 0 spiro atoms. The second-order valence-electron chi connectivity index (χ2n) is 11.7. The van der Waals surface area contributed by atoms with Crippen molar-refractivity contribution in [2.75, 3.05) is 0 Å². The summed E-state index contributed by atoms with van der Waals surface area (Å²) < 4.78 is 6.42. The van der Waals surface area contributed by atoms with Crippen LogP contribution in [0.3, 0.4) is 0 Å². The molecule has 220 valence electrons. The third-order valence-corrected chi connectivity index (χ3v) is 8.73. The summed E-state index contributed by atoms with van der Waals surface area (Å²) in [6, 6.07) is 56.5. The summed E-state index contributed by atoms with van der Waals surface area (Å²) in [5.74, 6) is 1.84. The molecule has 0 aliphatic rings. The first-order valence-corrected chi connectivity index (χ1v) is 15.7. The molecule has 0 fully saturated rings. The number of hydrogen-bond acceptors (Lipinski definition) is 4. The Bertz CT molecular complexity index is 2550. The van der Waals surface area contributed by atoms with Gasteiger partial charge in [-0.1, -0.05) is 133 Å². The van der Waals surface area contributed by atoms with Crippen LogP contribution in [0.2, 0.25) is 0 Å². The van der Waals surface area contributed by atoms with Gasteiger partial charge in [0.2, 0.25) is 0 Å². The molecule has 4 nitrogen and oxygen atoms in total. The first kappa shape index (κ1) is 27.0. The van der Waals surface area contributed by atoms with Crippen LogP contribution < -0.4 is 0 Å². The SMILES string of the molecule is c1ccc(-c2ccc3c(c2)oc2cc(-c4nc(-c5ccccc5)nc(-c5ccc(-c6ccc7ccccc7c6)cc5)n4)ccc23)cc1. The van der Waals surface area contributed by atoms with Crippen LogP contribution in [0.15, 0.2) is 168 Å². The predicted octanol–water partition coefficient (Wildman–Crippen LogP) is 11.3. The highest BCUT2D eigenvalue weighted by molar-refractivity contribution is 6.06. The molecule has 0 amide bonds. The maximum absolute atomic E-state index is 6.42. The molecule has 0 aliphatic heterocycles. The van der Waals surface area contributed by atoms with Gasteiger partial charge in [-0.25, -0.2) is 15.0 Å². The third kappa shape index (κ3) is 5.02. The van der Waals surface area contributed by atoms with E-state index in [1.54, 1.807) is 0 Å². The summed E-state index contributed by atoms with van der Waals surface area (Å²) in [7, 11) is 0. The van der Waals surface area contributed by atoms with E-state index >= 15 is 0 Å². The molecule has 0 saturated heterocycles. The number of benzene rings is 7. The molecule has 0 unspecified atom stereocenters. The van der Waals surface area contributed by atoms with Crippen LogP contribution in [0.5, 0.6) is 0 Å². The molecule has 0 aliphatic carbocycles. The molecule has 47 heavy (non-hydrogen) atoms. The topological polar surface area (TPSA) is 51.8 Å². The molecule has 0 radical (unpaired) electrons. The van der Waals surface area contributed by atoms with Gasteiger partial charge in [0.1, 0.15) is 11.2 Å². The number of furan rings is 1. The molecule has 0 bridgehead atoms. The highest BCUT2D eigenvalue weighted by atomic mass is 16.3. The fourth-order valence-electron chi connectivity index (χ4n) is 6.26. The van der Waals surface area contributed by atoms with Gasteiger partial charge in [-0.2, -0.15) is 0 Å². The number of rotatable bonds is 5. The van der Waals surface area contributed by atoms with E-state index in [-0.39, 0.29) is 0 Å². The summed E-state index contributed by atoms with van der Waals surface area (Å²) >= 11 is 0. The highest BCUT2D eigenvalue weighted by Crippen LogP contribution is 2.35. The average molecular weight is 602 g/mol. The lowest BCUT2D eigenvalue weighted by molar-refractivity contribution is 0.669. The standard InChI is InChI=1S/C43H27N3O/c1-3-9-28(10-4-1)35-21-23-37-38-24-22-36(27-40(38)47-39(37)26-35)43-45-41(31-12-5-2-6-13-31)44-42(46-43)32-18-15-30(16-19-32)34-20-17-29-11-7-8-14-33(29)25-34/h1-27H. The number of aromatic nitrogens is 3. The van der Waals surface area contributed by atoms with Gasteiger partial charge in [0, 0.05) is 27.5 Å². The Kier molecular flexibility index (Phi) is 6.43. The summed E-state index contributed by atoms with van der Waals surface area (Å²) in [5.41, 5.74) is 8.97. The average Bonchev–Trinajstić information content (AvgIpc) is 3.52. The zero-order valence-corrected chi connectivity index (χ0v) is 25.3. The Labute approximate surface area is 271 Å². The normalized spacial score (nSPS) is 11.4. The summed E-state index contributed by atoms with van der Waals surface area (Å²) in [6.07, 6.45) is 0. The van der Waals surface area contributed by atoms with Crippen LogP contribution in [0.4, 0.5) is 0 Å². The molecule has 4 heteroatoms. The van der Waals surface area contributed by atoms with Gasteiger partial charge in [0.05, 0.1) is 0 Å². The van der Waals surface area contributed by atoms with Crippen molar-refractivity contribution in [2.24, 2.45) is 0 Å². The smallest absolute Gasteiger partial charge is 0.164 e. The zero-order chi connectivity index (χ0) is 31.2. The number of nitrogens with zero attached hydrogens (tertiary/aromatic N) is 3. The molecule has 9 rings (SSSR count). The maximum atomic E-state index is 6.42. The molecule has 2 heterocycles. The van der Waals surface area contributed by atoms with E-state index < -0.39 is 0 Å². The Balaban J connectivity index is 1.12. The number of hydrogen-bond donors (Lipinski definition) is 0. The maximum Gasteiger partial charge on any atom is 0.164 e. The number of fused-ring (bicyclic) bond motifs is 4. The van der Waals surface area contributed by atoms with Gasteiger partial charge in [0.15, 0.2) is 17.5 Å². The van der Waals surface area contributed by atoms with E-state index in [1.807, 2.05) is 42.5 Å². The van der Waals surface area contributed by atoms with Crippen LogP contribution >= 0.6 is 0 Å². The Morgan fingerprint density at radius 2 is 0.723 bits per heavy atom. The molecular weight excluding hydrogens is 574 g/mol. The van der Waals surface area contributed by atoms with Crippen molar-refractivity contribution >= 4 is 32.7 Å². The quantitative estimate of drug-likeness (QED) is 0.197. The van der Waals surface area contributed by atoms with Crippen LogP contribution in [0, 0.1) is 0 Å². The van der Waals surface area contributed by atoms with Crippen LogP contribution in [0.25, 0.3) is 89.1 Å². The van der Waals surface area contributed by atoms with Gasteiger partial charge < -0.3 is 4.42 Å². The van der Waals surface area contributed by atoms with Crippen LogP contribution in [0.1, 0.15) is 0 Å². The summed E-state index contributed by atoms with van der Waals surface area (Å²) in [6.45, 7) is 0. The lowest BCUT2D eigenvalue weighted by atomic mass is 10.00. The van der Waals surface area contributed by atoms with Gasteiger partial charge in [-0.3, -0.25) is 0 Å². The van der Waals surface area contributed by atoms with Crippen molar-refractivity contribution in [2.45, 2.75) is 0 Å². The minimum atomic E-state index is 0.597. The second kappa shape index (κ2) is 11.2. The van der Waals surface area contributed by atoms with E-state index in [2.05, 4.69) is 121 Å². The molecule has 9 aromatic rings. The van der Waals surface area contributed by atoms with E-state index in [4.69, 9.17) is 19.4 Å². The molecule has 2 aromatic heterocycles. The molecule has 7 aromatic carbocycles. The Hall–Kier alpha value is -6.39. The van der Waals surface area contributed by atoms with Gasteiger partial charge in [-0.05, 0) is 63.4 Å². The third-order valence-electron chi connectivity index (χ3n) is 8.73. The fraction of sp³-hybridized carbons (Fsp3) is 0. The van der Waals surface area contributed by atoms with Crippen molar-refractivity contribution < 1.29 is 4.42 Å². The van der Waals surface area contributed by atoms with E-state index in [0.717, 1.165) is 55.3 Å². The Morgan fingerprint density at radius 3 is 1.40 bits per heavy atom. The lowest BCUT2D eigenvalue weighted by Gasteiger charge is -2.09. The van der Waals surface area contributed by atoms with Gasteiger partial charge in [-0.15, -0.1) is 0 Å². The summed E-state index contributed by atoms with van der Waals surface area (Å²) in [4.78, 5) is 14.9. The van der Waals surface area contributed by atoms with Gasteiger partial charge >= 0.3 is 0 Å². The van der Waals surface area contributed by atoms with Gasteiger partial charge in [0.25, 0.3) is 0 Å². The van der Waals surface area contributed by atoms with Crippen molar-refractivity contribution in [1.29, 1.82) is 0 Å². The first-order chi connectivity index (χ1) is 23.2. The highest BCUT2D eigenvalue weighted by Gasteiger charge is 2.15. The van der Waals surface area contributed by atoms with E-state index in [0.29, 0.717) is 17.5 Å². The molecular formula is C43H27N3O. The zero-order valence-electron chi connectivity index (χ0n) is 25.3. The van der Waals surface area contributed by atoms with Crippen molar-refractivity contribution in [1.82, 2.24) is 15.0 Å². The summed E-state index contributed by atoms with van der Waals surface area (Å²) in [5, 5.41) is 4.60. The molecule has 0 saturated carbocycles. The monoisotopic (exact) mass is 601 g/mol. The Morgan fingerprint density at radius 1 is 0.298 bits per heavy atom. The van der Waals surface area contributed by atoms with Crippen LogP contribution in [-0.2, 0) is 0 Å². The minimum absolute atomic E-state index is 0.597. The molecule has 0 atom stereocenters. The van der Waals surface area contributed by atoms with Crippen molar-refractivity contribution in [3.05, 3.63) is 164 Å². The van der Waals surface area contributed by atoms with Crippen molar-refractivity contribution in [3.63, 3.8) is 0 Å². The van der Waals surface area contributed by atoms with E-state index in [9.17, 15) is 0 Å². The van der Waals surface area contributed by atoms with Crippen molar-refractivity contribution in [3.8, 4) is 56.4 Å². The lowest BCUT2D eigenvalue weighted by Crippen LogP contribution is -2.00. The van der Waals surface area contributed by atoms with Crippen LogP contribution in [-0.4, -0.2) is 15.0 Å². The predicted molar refractivity (Wildman–Crippen MR) is 192 cm³/mol. The fourth-order valence-corrected chi connectivity index (χ4v) is 6.26. The first-order valence-electron chi connectivity index (χ1n) is 15.7. The largest absolute Gasteiger partial charge is 0.456 e. The van der Waals surface area contributed by atoms with E-state index in [1.165, 1.54) is 16.3 Å². The molecule has 0 N–H and O–H groups in total.